The zero-order valence-corrected chi connectivity index (χ0v) is 23.9. The van der Waals surface area contributed by atoms with Gasteiger partial charge in [0.15, 0.2) is 5.78 Å². The molecule has 0 aromatic rings. The summed E-state index contributed by atoms with van der Waals surface area (Å²) in [6, 6.07) is 0. The Bertz CT molecular complexity index is 1020. The van der Waals surface area contributed by atoms with Gasteiger partial charge in [-0.05, 0) is 103 Å². The lowest BCUT2D eigenvalue weighted by molar-refractivity contribution is -0.203. The first-order valence-electron chi connectivity index (χ1n) is 14.4. The Morgan fingerprint density at radius 3 is 2.22 bits per heavy atom. The molecule has 5 rings (SSSR count). The third-order valence-electron chi connectivity index (χ3n) is 13.4. The minimum atomic E-state index is -0.610. The van der Waals surface area contributed by atoms with E-state index in [4.69, 9.17) is 0 Å². The van der Waals surface area contributed by atoms with E-state index in [2.05, 4.69) is 41.5 Å². The average Bonchev–Trinajstić information content (AvgIpc) is 2.78. The van der Waals surface area contributed by atoms with E-state index in [0.717, 1.165) is 56.4 Å². The maximum atomic E-state index is 14.3. The largest absolute Gasteiger partial charge is 0.393 e. The van der Waals surface area contributed by atoms with Crippen molar-refractivity contribution >= 4 is 11.7 Å². The van der Waals surface area contributed by atoms with Crippen LogP contribution in [0.25, 0.3) is 0 Å². The van der Waals surface area contributed by atoms with Crippen LogP contribution in [-0.4, -0.2) is 40.2 Å². The molecule has 4 saturated carbocycles. The van der Waals surface area contributed by atoms with Crippen LogP contribution >= 0.6 is 0 Å². The number of ketones is 1. The smallest absolute Gasteiger partial charge is 0.251 e. The predicted octanol–water partition coefficient (Wildman–Crippen LogP) is 6.18. The SMILES string of the molecule is CN(O)C(=O)[C@@]1(C)CC[C@]2(C)CC[C@]3(C)C(=CC(=O)[C@@H]4[C@@]5(C)CC[C@@H](O)C(C)(C)C5CC[C@]43C)[C@H]2C1. The number of carbonyl (C=O) groups excluding carboxylic acids is 2. The normalized spacial score (nSPS) is 51.7. The monoisotopic (exact) mass is 499 g/mol. The fourth-order valence-electron chi connectivity index (χ4n) is 10.8. The van der Waals surface area contributed by atoms with Gasteiger partial charge in [-0.3, -0.25) is 14.8 Å². The van der Waals surface area contributed by atoms with Crippen molar-refractivity contribution in [2.24, 2.45) is 50.2 Å². The predicted molar refractivity (Wildman–Crippen MR) is 140 cm³/mol. The van der Waals surface area contributed by atoms with Gasteiger partial charge in [0.05, 0.1) is 6.10 Å². The summed E-state index contributed by atoms with van der Waals surface area (Å²) in [4.78, 5) is 27.4. The van der Waals surface area contributed by atoms with Crippen LogP contribution < -0.4 is 0 Å². The number of hydrogen-bond acceptors (Lipinski definition) is 4. The topological polar surface area (TPSA) is 77.8 Å². The molecule has 2 N–H and O–H groups in total. The summed E-state index contributed by atoms with van der Waals surface area (Å²) in [6.45, 7) is 16.0. The number of amides is 1. The van der Waals surface area contributed by atoms with Gasteiger partial charge >= 0.3 is 0 Å². The summed E-state index contributed by atoms with van der Waals surface area (Å²) in [5.74, 6) is 0.551. The molecule has 0 radical (unpaired) electrons. The zero-order valence-electron chi connectivity index (χ0n) is 23.9. The lowest BCUT2D eigenvalue weighted by Gasteiger charge is -2.70. The van der Waals surface area contributed by atoms with Crippen LogP contribution in [0.5, 0.6) is 0 Å². The maximum absolute atomic E-state index is 14.3. The highest BCUT2D eigenvalue weighted by Crippen LogP contribution is 2.75. The zero-order chi connectivity index (χ0) is 26.7. The number of allylic oxidation sites excluding steroid dienone is 2. The van der Waals surface area contributed by atoms with Gasteiger partial charge in [-0.1, -0.05) is 54.0 Å². The van der Waals surface area contributed by atoms with Crippen LogP contribution in [0.3, 0.4) is 0 Å². The summed E-state index contributed by atoms with van der Waals surface area (Å²) in [7, 11) is 1.43. The van der Waals surface area contributed by atoms with E-state index in [9.17, 15) is 19.9 Å². The van der Waals surface area contributed by atoms with E-state index in [-0.39, 0.29) is 56.7 Å². The molecule has 1 amide bonds. The van der Waals surface area contributed by atoms with Crippen molar-refractivity contribution in [2.45, 2.75) is 112 Å². The van der Waals surface area contributed by atoms with Gasteiger partial charge in [-0.15, -0.1) is 0 Å². The van der Waals surface area contributed by atoms with Crippen LogP contribution in [0.1, 0.15) is 106 Å². The average molecular weight is 500 g/mol. The van der Waals surface area contributed by atoms with Crippen molar-refractivity contribution in [3.8, 4) is 0 Å². The van der Waals surface area contributed by atoms with Crippen molar-refractivity contribution in [2.75, 3.05) is 7.05 Å². The molecule has 5 nitrogen and oxygen atoms in total. The van der Waals surface area contributed by atoms with E-state index in [1.165, 1.54) is 12.6 Å². The van der Waals surface area contributed by atoms with E-state index in [1.54, 1.807) is 0 Å². The second-order valence-electron chi connectivity index (χ2n) is 15.5. The Kier molecular flexibility index (Phi) is 5.64. The summed E-state index contributed by atoms with van der Waals surface area (Å²) >= 11 is 0. The number of aliphatic hydroxyl groups excluding tert-OH is 1. The van der Waals surface area contributed by atoms with Crippen molar-refractivity contribution < 1.29 is 19.9 Å². The van der Waals surface area contributed by atoms with Crippen LogP contribution in [0.4, 0.5) is 0 Å². The van der Waals surface area contributed by atoms with Crippen molar-refractivity contribution in [3.63, 3.8) is 0 Å². The molecule has 9 atom stereocenters. The van der Waals surface area contributed by atoms with Crippen LogP contribution in [-0.2, 0) is 9.59 Å². The lowest BCUT2D eigenvalue weighted by Crippen LogP contribution is -2.66. The molecule has 0 bridgehead atoms. The minimum Gasteiger partial charge on any atom is -0.393 e. The number of carbonyl (C=O) groups is 2. The number of rotatable bonds is 1. The number of nitrogens with zero attached hydrogens (tertiary/aromatic N) is 1. The quantitative estimate of drug-likeness (QED) is 0.334. The van der Waals surface area contributed by atoms with E-state index in [1.807, 2.05) is 13.0 Å². The van der Waals surface area contributed by atoms with Gasteiger partial charge in [-0.2, -0.15) is 0 Å². The summed E-state index contributed by atoms with van der Waals surface area (Å²) in [5.41, 5.74) is 0.237. The molecule has 0 aromatic carbocycles. The van der Waals surface area contributed by atoms with Gasteiger partial charge in [0.1, 0.15) is 0 Å². The second-order valence-corrected chi connectivity index (χ2v) is 15.5. The number of hydrogen-bond donors (Lipinski definition) is 2. The Morgan fingerprint density at radius 1 is 0.944 bits per heavy atom. The van der Waals surface area contributed by atoms with Gasteiger partial charge in [0.2, 0.25) is 0 Å². The van der Waals surface area contributed by atoms with Gasteiger partial charge in [0.25, 0.3) is 5.91 Å². The molecule has 0 spiro atoms. The number of aliphatic hydroxyl groups is 1. The van der Waals surface area contributed by atoms with Crippen LogP contribution in [0, 0.1) is 50.2 Å². The lowest BCUT2D eigenvalue weighted by atomic mass is 9.33. The summed E-state index contributed by atoms with van der Waals surface area (Å²) < 4.78 is 0. The molecular weight excluding hydrogens is 450 g/mol. The molecule has 0 aliphatic heterocycles. The van der Waals surface area contributed by atoms with Crippen molar-refractivity contribution in [1.29, 1.82) is 0 Å². The van der Waals surface area contributed by atoms with Crippen LogP contribution in [0.2, 0.25) is 0 Å². The third-order valence-corrected chi connectivity index (χ3v) is 13.4. The number of hydroxylamine groups is 2. The fraction of sp³-hybridized carbons (Fsp3) is 0.871. The molecule has 4 fully saturated rings. The highest BCUT2D eigenvalue weighted by Gasteiger charge is 2.70. The first-order chi connectivity index (χ1) is 16.5. The second kappa shape index (κ2) is 7.68. The molecule has 0 aromatic heterocycles. The molecular formula is C31H49NO4. The molecule has 1 unspecified atom stereocenters. The van der Waals surface area contributed by atoms with E-state index >= 15 is 0 Å². The Balaban J connectivity index is 1.60. The third kappa shape index (κ3) is 3.14. The molecule has 5 heteroatoms. The number of fused-ring (bicyclic) bond motifs is 7. The highest BCUT2D eigenvalue weighted by molar-refractivity contribution is 5.95. The Labute approximate surface area is 218 Å². The van der Waals surface area contributed by atoms with Crippen molar-refractivity contribution in [1.82, 2.24) is 5.06 Å². The van der Waals surface area contributed by atoms with Crippen LogP contribution in [0.15, 0.2) is 11.6 Å². The summed E-state index contributed by atoms with van der Waals surface area (Å²) in [6.07, 6.45) is 10.1. The first-order valence-corrected chi connectivity index (χ1v) is 14.4. The molecule has 0 heterocycles. The van der Waals surface area contributed by atoms with Gasteiger partial charge in [0, 0.05) is 18.4 Å². The minimum absolute atomic E-state index is 0.0335. The van der Waals surface area contributed by atoms with Crippen molar-refractivity contribution in [3.05, 3.63) is 11.6 Å². The fourth-order valence-corrected chi connectivity index (χ4v) is 10.8. The molecule has 5 aliphatic rings. The Hall–Kier alpha value is -1.20. The van der Waals surface area contributed by atoms with E-state index < -0.39 is 5.41 Å². The highest BCUT2D eigenvalue weighted by atomic mass is 16.5. The standard InChI is InChI=1S/C31H49NO4/c1-26(2)22-9-12-31(7)24(29(22,5)11-10-23(26)34)21(33)17-19-20-18-28(4,25(35)32(8)36)14-13-27(20,3)15-16-30(19,31)6/h17,20,22-24,34,36H,9-16,18H2,1-8H3/t20-,22?,23-,24-,27-,28+,29+,30-,31-/m1/s1. The summed E-state index contributed by atoms with van der Waals surface area (Å²) in [5, 5.41) is 21.7. The Morgan fingerprint density at radius 2 is 1.58 bits per heavy atom. The van der Waals surface area contributed by atoms with Gasteiger partial charge in [-0.25, -0.2) is 5.06 Å². The molecule has 36 heavy (non-hydrogen) atoms. The maximum Gasteiger partial charge on any atom is 0.251 e. The molecule has 0 saturated heterocycles. The first kappa shape index (κ1) is 26.4. The molecule has 5 aliphatic carbocycles. The van der Waals surface area contributed by atoms with E-state index in [0.29, 0.717) is 12.3 Å². The molecule has 202 valence electrons. The van der Waals surface area contributed by atoms with Gasteiger partial charge < -0.3 is 5.11 Å².